The molecule has 4 heterocycles. The van der Waals surface area contributed by atoms with Gasteiger partial charge in [0.05, 0.1) is 24.7 Å². The molecule has 0 bridgehead atoms. The van der Waals surface area contributed by atoms with Crippen LogP contribution >= 0.6 is 0 Å². The van der Waals surface area contributed by atoms with Gasteiger partial charge in [0.25, 0.3) is 0 Å². The van der Waals surface area contributed by atoms with E-state index in [0.717, 1.165) is 69.2 Å². The summed E-state index contributed by atoms with van der Waals surface area (Å²) in [6, 6.07) is 6.94. The summed E-state index contributed by atoms with van der Waals surface area (Å²) in [5.74, 6) is 0.678. The van der Waals surface area contributed by atoms with Crippen LogP contribution < -0.4 is 9.80 Å². The van der Waals surface area contributed by atoms with E-state index in [1.54, 1.807) is 12.4 Å². The monoisotopic (exact) mass is 382 g/mol. The lowest BCUT2D eigenvalue weighted by Crippen LogP contribution is -2.47. The first-order valence-corrected chi connectivity index (χ1v) is 9.81. The number of ether oxygens (including phenoxy) is 1. The molecule has 7 nitrogen and oxygen atoms in total. The summed E-state index contributed by atoms with van der Waals surface area (Å²) >= 11 is 0. The Morgan fingerprint density at radius 1 is 1.04 bits per heavy atom. The molecule has 0 spiro atoms. The Morgan fingerprint density at radius 3 is 2.64 bits per heavy atom. The van der Waals surface area contributed by atoms with Gasteiger partial charge in [0, 0.05) is 32.8 Å². The molecule has 3 aromatic rings. The highest BCUT2D eigenvalue weighted by atomic mass is 19.1. The molecule has 1 atom stereocenters. The Balaban J connectivity index is 1.34. The molecule has 0 saturated carbocycles. The molecule has 1 unspecified atom stereocenters. The van der Waals surface area contributed by atoms with Crippen molar-refractivity contribution < 1.29 is 9.13 Å². The van der Waals surface area contributed by atoms with Crippen molar-refractivity contribution in [1.29, 1.82) is 0 Å². The largest absolute Gasteiger partial charge is 0.376 e. The average Bonchev–Trinajstić information content (AvgIpc) is 3.39. The highest BCUT2D eigenvalue weighted by Gasteiger charge is 2.24. The molecule has 2 aromatic heterocycles. The first-order valence-electron chi connectivity index (χ1n) is 9.81. The van der Waals surface area contributed by atoms with E-state index in [1.165, 1.54) is 6.07 Å². The predicted molar refractivity (Wildman–Crippen MR) is 105 cm³/mol. The number of benzene rings is 1. The lowest BCUT2D eigenvalue weighted by atomic mass is 10.2. The molecule has 146 valence electrons. The summed E-state index contributed by atoms with van der Waals surface area (Å²) in [4.78, 5) is 17.9. The van der Waals surface area contributed by atoms with E-state index >= 15 is 0 Å². The lowest BCUT2D eigenvalue weighted by Gasteiger charge is -2.36. The third-order valence-electron chi connectivity index (χ3n) is 5.58. The summed E-state index contributed by atoms with van der Waals surface area (Å²) in [5.41, 5.74) is 2.33. The molecule has 0 aliphatic carbocycles. The molecule has 5 rings (SSSR count). The summed E-state index contributed by atoms with van der Waals surface area (Å²) in [7, 11) is 0. The Morgan fingerprint density at radius 2 is 1.86 bits per heavy atom. The van der Waals surface area contributed by atoms with Crippen LogP contribution in [0, 0.1) is 5.82 Å². The Bertz CT molecular complexity index is 962. The summed E-state index contributed by atoms with van der Waals surface area (Å²) in [5, 5.41) is 0. The normalized spacial score (nSPS) is 20.2. The number of anilines is 2. The van der Waals surface area contributed by atoms with Gasteiger partial charge in [-0.25, -0.2) is 19.3 Å². The summed E-state index contributed by atoms with van der Waals surface area (Å²) < 4.78 is 21.9. The van der Waals surface area contributed by atoms with Gasteiger partial charge in [0.1, 0.15) is 12.1 Å². The molecule has 2 fully saturated rings. The molecule has 0 N–H and O–H groups in total. The topological polar surface area (TPSA) is 59.3 Å². The number of para-hydroxylation sites is 1. The molecule has 1 aromatic carbocycles. The number of halogens is 1. The van der Waals surface area contributed by atoms with E-state index in [0.29, 0.717) is 5.69 Å². The highest BCUT2D eigenvalue weighted by molar-refractivity contribution is 5.83. The van der Waals surface area contributed by atoms with Crippen LogP contribution in [0.5, 0.6) is 0 Å². The number of rotatable bonds is 4. The van der Waals surface area contributed by atoms with E-state index in [-0.39, 0.29) is 11.9 Å². The number of aromatic nitrogens is 4. The van der Waals surface area contributed by atoms with E-state index in [2.05, 4.69) is 29.3 Å². The smallest absolute Gasteiger partial charge is 0.165 e. The predicted octanol–water partition coefficient (Wildman–Crippen LogP) is 2.47. The molecule has 2 aliphatic rings. The number of hydrogen-bond acceptors (Lipinski definition) is 6. The molecule has 0 radical (unpaired) electrons. The standard InChI is InChI=1S/C20H23FN6O/c21-16-5-1-2-6-17(16)25-7-9-26(10-8-25)19-18-20(23-13-22-19)27(14-24-18)12-15-4-3-11-28-15/h1-2,5-6,13-15H,3-4,7-12H2. The van der Waals surface area contributed by atoms with Crippen LogP contribution in [-0.4, -0.2) is 58.4 Å². The van der Waals surface area contributed by atoms with Crippen molar-refractivity contribution in [2.45, 2.75) is 25.5 Å². The Labute approximate surface area is 162 Å². The van der Waals surface area contributed by atoms with Crippen LogP contribution in [-0.2, 0) is 11.3 Å². The summed E-state index contributed by atoms with van der Waals surface area (Å²) in [6.07, 6.45) is 5.87. The van der Waals surface area contributed by atoms with Crippen molar-refractivity contribution >= 4 is 22.7 Å². The second kappa shape index (κ2) is 7.35. The third kappa shape index (κ3) is 3.17. The van der Waals surface area contributed by atoms with Gasteiger partial charge in [-0.1, -0.05) is 12.1 Å². The number of nitrogens with zero attached hydrogens (tertiary/aromatic N) is 6. The van der Waals surface area contributed by atoms with Crippen molar-refractivity contribution in [3.05, 3.63) is 42.7 Å². The fourth-order valence-corrected chi connectivity index (χ4v) is 4.11. The molecule has 2 aliphatic heterocycles. The van der Waals surface area contributed by atoms with Crippen molar-refractivity contribution in [2.24, 2.45) is 0 Å². The quantitative estimate of drug-likeness (QED) is 0.691. The third-order valence-corrected chi connectivity index (χ3v) is 5.58. The van der Waals surface area contributed by atoms with Crippen LogP contribution in [0.1, 0.15) is 12.8 Å². The SMILES string of the molecule is Fc1ccccc1N1CCN(c2ncnc3c2ncn3CC2CCCO2)CC1. The minimum Gasteiger partial charge on any atom is -0.376 e. The summed E-state index contributed by atoms with van der Waals surface area (Å²) in [6.45, 7) is 4.61. The zero-order valence-electron chi connectivity index (χ0n) is 15.7. The van der Waals surface area contributed by atoms with E-state index in [9.17, 15) is 4.39 Å². The first kappa shape index (κ1) is 17.4. The van der Waals surface area contributed by atoms with Gasteiger partial charge in [0.15, 0.2) is 17.0 Å². The van der Waals surface area contributed by atoms with Crippen LogP contribution in [0.2, 0.25) is 0 Å². The fraction of sp³-hybridized carbons (Fsp3) is 0.450. The molecule has 2 saturated heterocycles. The molecule has 28 heavy (non-hydrogen) atoms. The van der Waals surface area contributed by atoms with Crippen LogP contribution in [0.3, 0.4) is 0 Å². The van der Waals surface area contributed by atoms with Crippen molar-refractivity contribution in [2.75, 3.05) is 42.6 Å². The number of piperazine rings is 1. The van der Waals surface area contributed by atoms with E-state index in [1.807, 2.05) is 18.5 Å². The lowest BCUT2D eigenvalue weighted by molar-refractivity contribution is 0.0978. The zero-order valence-corrected chi connectivity index (χ0v) is 15.7. The minimum absolute atomic E-state index is 0.173. The van der Waals surface area contributed by atoms with Crippen LogP contribution in [0.15, 0.2) is 36.9 Å². The number of imidazole rings is 1. The zero-order chi connectivity index (χ0) is 18.9. The van der Waals surface area contributed by atoms with Crippen molar-refractivity contribution in [1.82, 2.24) is 19.5 Å². The van der Waals surface area contributed by atoms with Gasteiger partial charge in [0.2, 0.25) is 0 Å². The van der Waals surface area contributed by atoms with Gasteiger partial charge in [-0.15, -0.1) is 0 Å². The van der Waals surface area contributed by atoms with Gasteiger partial charge in [-0.05, 0) is 25.0 Å². The van der Waals surface area contributed by atoms with Crippen molar-refractivity contribution in [3.63, 3.8) is 0 Å². The van der Waals surface area contributed by atoms with E-state index in [4.69, 9.17) is 4.74 Å². The highest BCUT2D eigenvalue weighted by Crippen LogP contribution is 2.26. The van der Waals surface area contributed by atoms with Crippen LogP contribution in [0.25, 0.3) is 11.2 Å². The van der Waals surface area contributed by atoms with E-state index < -0.39 is 0 Å². The van der Waals surface area contributed by atoms with Crippen LogP contribution in [0.4, 0.5) is 15.9 Å². The number of fused-ring (bicyclic) bond motifs is 1. The van der Waals surface area contributed by atoms with Gasteiger partial charge in [-0.2, -0.15) is 0 Å². The minimum atomic E-state index is -0.173. The Kier molecular flexibility index (Phi) is 4.56. The molecular weight excluding hydrogens is 359 g/mol. The Hall–Kier alpha value is -2.74. The van der Waals surface area contributed by atoms with Gasteiger partial charge >= 0.3 is 0 Å². The second-order valence-electron chi connectivity index (χ2n) is 7.33. The molecule has 0 amide bonds. The molecule has 8 heteroatoms. The fourth-order valence-electron chi connectivity index (χ4n) is 4.11. The average molecular weight is 382 g/mol. The van der Waals surface area contributed by atoms with Crippen molar-refractivity contribution in [3.8, 4) is 0 Å². The maximum atomic E-state index is 14.1. The first-order chi connectivity index (χ1) is 13.8. The maximum Gasteiger partial charge on any atom is 0.165 e. The van der Waals surface area contributed by atoms with Gasteiger partial charge < -0.3 is 19.1 Å². The molecular formula is C20H23FN6O. The maximum absolute atomic E-state index is 14.1. The second-order valence-corrected chi connectivity index (χ2v) is 7.33. The van der Waals surface area contributed by atoms with Gasteiger partial charge in [-0.3, -0.25) is 0 Å². The number of hydrogen-bond donors (Lipinski definition) is 0.